The number of primary amides is 1. The molecule has 0 radical (unpaired) electrons. The van der Waals surface area contributed by atoms with Gasteiger partial charge >= 0.3 is 0 Å². The molecule has 0 bridgehead atoms. The molecule has 0 heterocycles. The second kappa shape index (κ2) is 8.90. The summed E-state index contributed by atoms with van der Waals surface area (Å²) in [4.78, 5) is 11.8. The van der Waals surface area contributed by atoms with Crippen molar-refractivity contribution in [3.05, 3.63) is 84.2 Å². The first-order valence-corrected chi connectivity index (χ1v) is 8.87. The molecule has 1 amide bonds. The molecule has 0 aliphatic carbocycles. The highest BCUT2D eigenvalue weighted by molar-refractivity contribution is 5.84. The summed E-state index contributed by atoms with van der Waals surface area (Å²) in [6.45, 7) is 2.54. The maximum absolute atomic E-state index is 13.1. The number of carbonyl (C=O) groups is 1. The summed E-state index contributed by atoms with van der Waals surface area (Å²) in [7, 11) is 0. The number of amides is 1. The molecule has 1 atom stereocenters. The molecule has 0 fully saturated rings. The van der Waals surface area contributed by atoms with E-state index in [-0.39, 0.29) is 5.82 Å². The molecule has 28 heavy (non-hydrogen) atoms. The third-order valence-corrected chi connectivity index (χ3v) is 4.02. The molecule has 3 N–H and O–H groups in total. The van der Waals surface area contributed by atoms with Crippen LogP contribution in [0.25, 0.3) is 0 Å². The standard InChI is InChI=1S/C22H21FN2O3/c1-2-27-18-11-13-20(14-12-18)28-19-9-7-17(8-10-19)25-21(22(24)26)15-3-5-16(23)6-4-15/h3-14,21,25H,2H2,1H3,(H2,24,26). The normalized spacial score (nSPS) is 11.5. The fourth-order valence-electron chi connectivity index (χ4n) is 2.67. The van der Waals surface area contributed by atoms with Crippen molar-refractivity contribution in [1.82, 2.24) is 0 Å². The van der Waals surface area contributed by atoms with Crippen LogP contribution in [0.1, 0.15) is 18.5 Å². The van der Waals surface area contributed by atoms with Crippen LogP contribution in [0.3, 0.4) is 0 Å². The number of anilines is 1. The molecule has 5 nitrogen and oxygen atoms in total. The zero-order valence-electron chi connectivity index (χ0n) is 15.4. The van der Waals surface area contributed by atoms with Gasteiger partial charge in [0.15, 0.2) is 0 Å². The summed E-state index contributed by atoms with van der Waals surface area (Å²) in [6, 6.07) is 19.3. The van der Waals surface area contributed by atoms with Crippen molar-refractivity contribution in [2.24, 2.45) is 5.73 Å². The number of halogens is 1. The second-order valence-electron chi connectivity index (χ2n) is 6.06. The van der Waals surface area contributed by atoms with Gasteiger partial charge in [-0.05, 0) is 73.2 Å². The third-order valence-electron chi connectivity index (χ3n) is 4.02. The van der Waals surface area contributed by atoms with E-state index in [1.807, 2.05) is 31.2 Å². The molecule has 0 aliphatic rings. The third kappa shape index (κ3) is 5.01. The zero-order chi connectivity index (χ0) is 19.9. The molecule has 3 rings (SSSR count). The second-order valence-corrected chi connectivity index (χ2v) is 6.06. The molecule has 0 spiro atoms. The van der Waals surface area contributed by atoms with E-state index in [4.69, 9.17) is 15.2 Å². The van der Waals surface area contributed by atoms with Crippen LogP contribution >= 0.6 is 0 Å². The summed E-state index contributed by atoms with van der Waals surface area (Å²) in [5.74, 6) is 1.19. The average Bonchev–Trinajstić information content (AvgIpc) is 2.70. The van der Waals surface area contributed by atoms with Gasteiger partial charge in [-0.2, -0.15) is 0 Å². The Morgan fingerprint density at radius 1 is 0.929 bits per heavy atom. The van der Waals surface area contributed by atoms with Crippen LogP contribution in [0.15, 0.2) is 72.8 Å². The highest BCUT2D eigenvalue weighted by Gasteiger charge is 2.17. The number of hydrogen-bond donors (Lipinski definition) is 2. The minimum Gasteiger partial charge on any atom is -0.494 e. The molecular weight excluding hydrogens is 359 g/mol. The van der Waals surface area contributed by atoms with E-state index in [0.29, 0.717) is 29.4 Å². The van der Waals surface area contributed by atoms with Gasteiger partial charge in [-0.15, -0.1) is 0 Å². The largest absolute Gasteiger partial charge is 0.494 e. The molecule has 1 unspecified atom stereocenters. The predicted octanol–water partition coefficient (Wildman–Crippen LogP) is 4.66. The monoisotopic (exact) mass is 380 g/mol. The van der Waals surface area contributed by atoms with Gasteiger partial charge < -0.3 is 20.5 Å². The molecule has 144 valence electrons. The van der Waals surface area contributed by atoms with Crippen molar-refractivity contribution in [1.29, 1.82) is 0 Å². The molecule has 0 aromatic heterocycles. The Morgan fingerprint density at radius 2 is 1.46 bits per heavy atom. The molecule has 0 saturated carbocycles. The van der Waals surface area contributed by atoms with E-state index in [0.717, 1.165) is 5.75 Å². The van der Waals surface area contributed by atoms with Crippen LogP contribution in [0, 0.1) is 5.82 Å². The highest BCUT2D eigenvalue weighted by atomic mass is 19.1. The van der Waals surface area contributed by atoms with Crippen molar-refractivity contribution >= 4 is 11.6 Å². The summed E-state index contributed by atoms with van der Waals surface area (Å²) >= 11 is 0. The number of carbonyl (C=O) groups excluding carboxylic acids is 1. The van der Waals surface area contributed by atoms with Crippen molar-refractivity contribution < 1.29 is 18.7 Å². The maximum Gasteiger partial charge on any atom is 0.244 e. The van der Waals surface area contributed by atoms with Crippen LogP contribution in [-0.4, -0.2) is 12.5 Å². The van der Waals surface area contributed by atoms with Crippen molar-refractivity contribution in [2.45, 2.75) is 13.0 Å². The zero-order valence-corrected chi connectivity index (χ0v) is 15.4. The first kappa shape index (κ1) is 19.2. The lowest BCUT2D eigenvalue weighted by Gasteiger charge is -2.17. The fraction of sp³-hybridized carbons (Fsp3) is 0.136. The van der Waals surface area contributed by atoms with Gasteiger partial charge in [0.05, 0.1) is 6.61 Å². The number of hydrogen-bond acceptors (Lipinski definition) is 4. The summed E-state index contributed by atoms with van der Waals surface area (Å²) in [6.07, 6.45) is 0. The molecule has 0 aliphatic heterocycles. The Morgan fingerprint density at radius 3 is 2.00 bits per heavy atom. The Labute approximate surface area is 162 Å². The molecule has 3 aromatic rings. The Hall–Kier alpha value is -3.54. The van der Waals surface area contributed by atoms with E-state index in [2.05, 4.69) is 5.32 Å². The summed E-state index contributed by atoms with van der Waals surface area (Å²) in [5, 5.41) is 3.06. The lowest BCUT2D eigenvalue weighted by molar-refractivity contribution is -0.118. The number of rotatable bonds is 8. The maximum atomic E-state index is 13.1. The van der Waals surface area contributed by atoms with Crippen LogP contribution in [0.2, 0.25) is 0 Å². The predicted molar refractivity (Wildman–Crippen MR) is 106 cm³/mol. The minimum atomic E-state index is -0.765. The lowest BCUT2D eigenvalue weighted by atomic mass is 10.1. The molecule has 6 heteroatoms. The van der Waals surface area contributed by atoms with Gasteiger partial charge in [0.2, 0.25) is 5.91 Å². The minimum absolute atomic E-state index is 0.372. The van der Waals surface area contributed by atoms with E-state index in [1.54, 1.807) is 24.3 Å². The van der Waals surface area contributed by atoms with Gasteiger partial charge in [0.25, 0.3) is 0 Å². The van der Waals surface area contributed by atoms with Crippen molar-refractivity contribution in [3.63, 3.8) is 0 Å². The van der Waals surface area contributed by atoms with Gasteiger partial charge in [-0.3, -0.25) is 4.79 Å². The van der Waals surface area contributed by atoms with E-state index < -0.39 is 11.9 Å². The molecule has 3 aromatic carbocycles. The van der Waals surface area contributed by atoms with Gasteiger partial charge in [-0.1, -0.05) is 12.1 Å². The van der Waals surface area contributed by atoms with Crippen molar-refractivity contribution in [2.75, 3.05) is 11.9 Å². The lowest BCUT2D eigenvalue weighted by Crippen LogP contribution is -2.27. The smallest absolute Gasteiger partial charge is 0.244 e. The first-order valence-electron chi connectivity index (χ1n) is 8.87. The van der Waals surface area contributed by atoms with Crippen LogP contribution in [0.5, 0.6) is 17.2 Å². The van der Waals surface area contributed by atoms with Crippen LogP contribution in [0.4, 0.5) is 10.1 Å². The Kier molecular flexibility index (Phi) is 6.11. The number of nitrogens with two attached hydrogens (primary N) is 1. The fourth-order valence-corrected chi connectivity index (χ4v) is 2.67. The number of nitrogens with one attached hydrogen (secondary N) is 1. The Balaban J connectivity index is 1.67. The van der Waals surface area contributed by atoms with Crippen LogP contribution in [-0.2, 0) is 4.79 Å². The van der Waals surface area contributed by atoms with Gasteiger partial charge in [-0.25, -0.2) is 4.39 Å². The number of benzene rings is 3. The molecule has 0 saturated heterocycles. The average molecular weight is 380 g/mol. The SMILES string of the molecule is CCOc1ccc(Oc2ccc(NC(C(N)=O)c3ccc(F)cc3)cc2)cc1. The van der Waals surface area contributed by atoms with Gasteiger partial charge in [0.1, 0.15) is 29.1 Å². The Bertz CT molecular complexity index is 910. The van der Waals surface area contributed by atoms with E-state index >= 15 is 0 Å². The number of ether oxygens (including phenoxy) is 2. The van der Waals surface area contributed by atoms with Crippen LogP contribution < -0.4 is 20.5 Å². The topological polar surface area (TPSA) is 73.6 Å². The molecular formula is C22H21FN2O3. The first-order chi connectivity index (χ1) is 13.5. The van der Waals surface area contributed by atoms with Gasteiger partial charge in [0, 0.05) is 5.69 Å². The van der Waals surface area contributed by atoms with Crippen molar-refractivity contribution in [3.8, 4) is 17.2 Å². The van der Waals surface area contributed by atoms with E-state index in [9.17, 15) is 9.18 Å². The van der Waals surface area contributed by atoms with E-state index in [1.165, 1.54) is 24.3 Å². The quantitative estimate of drug-likeness (QED) is 0.596. The summed E-state index contributed by atoms with van der Waals surface area (Å²) in [5.41, 5.74) is 6.76. The summed E-state index contributed by atoms with van der Waals surface area (Å²) < 4.78 is 24.3. The highest BCUT2D eigenvalue weighted by Crippen LogP contribution is 2.26.